The van der Waals surface area contributed by atoms with Gasteiger partial charge in [-0.15, -0.1) is 0 Å². The van der Waals surface area contributed by atoms with Crippen LogP contribution in [0.3, 0.4) is 0 Å². The minimum Gasteiger partial charge on any atom is -0.452 e. The molecule has 0 heterocycles. The van der Waals surface area contributed by atoms with Gasteiger partial charge in [-0.3, -0.25) is 14.9 Å². The summed E-state index contributed by atoms with van der Waals surface area (Å²) < 4.78 is 4.94. The molecule has 2 aromatic rings. The highest BCUT2D eigenvalue weighted by Gasteiger charge is 2.15. The molecular weight excluding hydrogens is 383 g/mol. The Balaban J connectivity index is 1.89. The predicted molar refractivity (Wildman–Crippen MR) is 96.3 cm³/mol. The first-order valence-corrected chi connectivity index (χ1v) is 8.13. The summed E-state index contributed by atoms with van der Waals surface area (Å²) in [5.41, 5.74) is 0.756. The number of benzene rings is 2. The zero-order chi connectivity index (χ0) is 19.3. The number of amides is 1. The minimum atomic E-state index is -0.740. The van der Waals surface area contributed by atoms with Gasteiger partial charge in [0, 0.05) is 25.7 Å². The molecule has 0 atom stereocenters. The van der Waals surface area contributed by atoms with Gasteiger partial charge in [-0.05, 0) is 29.8 Å². The van der Waals surface area contributed by atoms with Crippen molar-refractivity contribution >= 4 is 40.8 Å². The summed E-state index contributed by atoms with van der Waals surface area (Å²) in [6, 6.07) is 9.93. The molecule has 0 aliphatic rings. The molecule has 26 heavy (non-hydrogen) atoms. The van der Waals surface area contributed by atoms with Crippen LogP contribution in [-0.4, -0.2) is 35.4 Å². The Hall–Kier alpha value is -2.64. The van der Waals surface area contributed by atoms with E-state index in [0.29, 0.717) is 10.0 Å². The number of ether oxygens (including phenoxy) is 1. The first-order chi connectivity index (χ1) is 12.3. The van der Waals surface area contributed by atoms with E-state index in [1.165, 1.54) is 29.2 Å². The van der Waals surface area contributed by atoms with Crippen molar-refractivity contribution in [2.45, 2.75) is 6.54 Å². The second-order valence-electron chi connectivity index (χ2n) is 5.38. The normalized spacial score (nSPS) is 10.3. The Labute approximate surface area is 159 Å². The third-order valence-corrected chi connectivity index (χ3v) is 4.21. The van der Waals surface area contributed by atoms with E-state index in [-0.39, 0.29) is 17.8 Å². The first kappa shape index (κ1) is 19.7. The van der Waals surface area contributed by atoms with Gasteiger partial charge in [-0.1, -0.05) is 29.3 Å². The fourth-order valence-electron chi connectivity index (χ4n) is 2.04. The highest BCUT2D eigenvalue weighted by atomic mass is 35.5. The Morgan fingerprint density at radius 1 is 1.12 bits per heavy atom. The molecular formula is C17H14Cl2N2O5. The third-order valence-electron chi connectivity index (χ3n) is 3.47. The van der Waals surface area contributed by atoms with Gasteiger partial charge >= 0.3 is 5.97 Å². The van der Waals surface area contributed by atoms with E-state index in [9.17, 15) is 19.7 Å². The quantitative estimate of drug-likeness (QED) is 0.421. The summed E-state index contributed by atoms with van der Waals surface area (Å²) in [4.78, 5) is 35.4. The fourth-order valence-corrected chi connectivity index (χ4v) is 2.36. The predicted octanol–water partition coefficient (Wildman–Crippen LogP) is 3.72. The minimum absolute atomic E-state index is 0.121. The zero-order valence-corrected chi connectivity index (χ0v) is 15.2. The molecule has 0 fully saturated rings. The van der Waals surface area contributed by atoms with Gasteiger partial charge in [0.25, 0.3) is 11.6 Å². The van der Waals surface area contributed by atoms with Crippen LogP contribution in [0.15, 0.2) is 42.5 Å². The van der Waals surface area contributed by atoms with Crippen LogP contribution in [0.2, 0.25) is 10.0 Å². The number of esters is 1. The standard InChI is InChI=1S/C17H14Cl2N2O5/c1-20(9-11-2-7-14(18)15(19)8-11)16(22)10-26-17(23)12-3-5-13(6-4-12)21(24)25/h2-8H,9-10H2,1H3. The second-order valence-corrected chi connectivity index (χ2v) is 6.19. The van der Waals surface area contributed by atoms with Crippen LogP contribution in [0.25, 0.3) is 0 Å². The van der Waals surface area contributed by atoms with E-state index in [4.69, 9.17) is 27.9 Å². The van der Waals surface area contributed by atoms with Crippen LogP contribution >= 0.6 is 23.2 Å². The van der Waals surface area contributed by atoms with E-state index in [1.807, 2.05) is 0 Å². The number of nitro groups is 1. The van der Waals surface area contributed by atoms with Gasteiger partial charge in [0.2, 0.25) is 0 Å². The number of halogens is 2. The lowest BCUT2D eigenvalue weighted by molar-refractivity contribution is -0.384. The van der Waals surface area contributed by atoms with E-state index in [1.54, 1.807) is 25.2 Å². The molecule has 136 valence electrons. The Bertz CT molecular complexity index is 840. The zero-order valence-electron chi connectivity index (χ0n) is 13.6. The third kappa shape index (κ3) is 5.18. The molecule has 1 amide bonds. The number of carbonyl (C=O) groups is 2. The van der Waals surface area contributed by atoms with Crippen LogP contribution in [0.1, 0.15) is 15.9 Å². The van der Waals surface area contributed by atoms with Crippen LogP contribution < -0.4 is 0 Å². The van der Waals surface area contributed by atoms with Crippen molar-refractivity contribution in [1.29, 1.82) is 0 Å². The number of hydrogen-bond donors (Lipinski definition) is 0. The SMILES string of the molecule is CN(Cc1ccc(Cl)c(Cl)c1)C(=O)COC(=O)c1ccc([N+](=O)[O-])cc1. The molecule has 0 radical (unpaired) electrons. The van der Waals surface area contributed by atoms with Crippen LogP contribution in [0.4, 0.5) is 5.69 Å². The molecule has 0 aliphatic heterocycles. The van der Waals surface area contributed by atoms with Gasteiger partial charge in [0.15, 0.2) is 6.61 Å². The average molecular weight is 397 g/mol. The number of likely N-dealkylation sites (N-methyl/N-ethyl adjacent to an activating group) is 1. The number of nitro benzene ring substituents is 1. The summed E-state index contributed by atoms with van der Waals surface area (Å²) in [6.45, 7) is -0.182. The number of nitrogens with zero attached hydrogens (tertiary/aromatic N) is 2. The fraction of sp³-hybridized carbons (Fsp3) is 0.176. The lowest BCUT2D eigenvalue weighted by Gasteiger charge is -2.17. The summed E-state index contributed by atoms with van der Waals surface area (Å²) in [6.07, 6.45) is 0. The van der Waals surface area contributed by atoms with Gasteiger partial charge in [-0.25, -0.2) is 4.79 Å². The molecule has 7 nitrogen and oxygen atoms in total. The van der Waals surface area contributed by atoms with Crippen molar-refractivity contribution < 1.29 is 19.2 Å². The van der Waals surface area contributed by atoms with E-state index >= 15 is 0 Å². The van der Waals surface area contributed by atoms with Crippen LogP contribution in [0, 0.1) is 10.1 Å². The van der Waals surface area contributed by atoms with Crippen molar-refractivity contribution in [3.8, 4) is 0 Å². The lowest BCUT2D eigenvalue weighted by atomic mass is 10.2. The second kappa shape index (κ2) is 8.64. The molecule has 0 saturated heterocycles. The number of carbonyl (C=O) groups excluding carboxylic acids is 2. The van der Waals surface area contributed by atoms with Gasteiger partial charge in [0.05, 0.1) is 20.5 Å². The van der Waals surface area contributed by atoms with Crippen LogP contribution in [-0.2, 0) is 16.1 Å². The summed E-state index contributed by atoms with van der Waals surface area (Å²) in [5, 5.41) is 11.4. The highest BCUT2D eigenvalue weighted by molar-refractivity contribution is 6.42. The first-order valence-electron chi connectivity index (χ1n) is 7.37. The average Bonchev–Trinajstić information content (AvgIpc) is 2.62. The molecule has 0 bridgehead atoms. The number of hydrogen-bond acceptors (Lipinski definition) is 5. The Kier molecular flexibility index (Phi) is 6.54. The number of non-ortho nitro benzene ring substituents is 1. The van der Waals surface area contributed by atoms with Crippen molar-refractivity contribution in [3.63, 3.8) is 0 Å². The Morgan fingerprint density at radius 2 is 1.77 bits per heavy atom. The molecule has 0 N–H and O–H groups in total. The van der Waals surface area contributed by atoms with Crippen LogP contribution in [0.5, 0.6) is 0 Å². The van der Waals surface area contributed by atoms with Gasteiger partial charge in [-0.2, -0.15) is 0 Å². The van der Waals surface area contributed by atoms with Gasteiger partial charge < -0.3 is 9.64 Å². The monoisotopic (exact) mass is 396 g/mol. The summed E-state index contributed by atoms with van der Waals surface area (Å²) in [5.74, 6) is -1.15. The molecule has 0 unspecified atom stereocenters. The molecule has 0 spiro atoms. The molecule has 2 rings (SSSR count). The molecule has 0 saturated carbocycles. The number of rotatable bonds is 6. The summed E-state index contributed by atoms with van der Waals surface area (Å²) >= 11 is 11.8. The van der Waals surface area contributed by atoms with E-state index in [0.717, 1.165) is 5.56 Å². The molecule has 9 heteroatoms. The lowest BCUT2D eigenvalue weighted by Crippen LogP contribution is -2.30. The van der Waals surface area contributed by atoms with Gasteiger partial charge in [0.1, 0.15) is 0 Å². The van der Waals surface area contributed by atoms with E-state index < -0.39 is 23.4 Å². The maximum absolute atomic E-state index is 12.1. The highest BCUT2D eigenvalue weighted by Crippen LogP contribution is 2.23. The largest absolute Gasteiger partial charge is 0.452 e. The van der Waals surface area contributed by atoms with Crippen molar-refractivity contribution in [3.05, 3.63) is 73.8 Å². The molecule has 2 aromatic carbocycles. The molecule has 0 aliphatic carbocycles. The summed E-state index contributed by atoms with van der Waals surface area (Å²) in [7, 11) is 1.56. The maximum atomic E-state index is 12.1. The van der Waals surface area contributed by atoms with E-state index in [2.05, 4.69) is 0 Å². The van der Waals surface area contributed by atoms with Crippen molar-refractivity contribution in [1.82, 2.24) is 4.90 Å². The van der Waals surface area contributed by atoms with Crippen molar-refractivity contribution in [2.75, 3.05) is 13.7 Å². The molecule has 0 aromatic heterocycles. The maximum Gasteiger partial charge on any atom is 0.338 e. The topological polar surface area (TPSA) is 89.8 Å². The van der Waals surface area contributed by atoms with Crippen molar-refractivity contribution in [2.24, 2.45) is 0 Å². The smallest absolute Gasteiger partial charge is 0.338 e. The Morgan fingerprint density at radius 3 is 2.35 bits per heavy atom.